The van der Waals surface area contributed by atoms with E-state index < -0.39 is 27.2 Å². The topological polar surface area (TPSA) is 86.1 Å². The molecule has 0 radical (unpaired) electrons. The lowest BCUT2D eigenvalue weighted by Gasteiger charge is -2.40. The van der Waals surface area contributed by atoms with Crippen LogP contribution >= 0.6 is 11.6 Å². The predicted octanol–water partition coefficient (Wildman–Crippen LogP) is 3.86. The quantitative estimate of drug-likeness (QED) is 0.507. The van der Waals surface area contributed by atoms with E-state index in [9.17, 15) is 26.8 Å². The minimum atomic E-state index is -4.54. The Morgan fingerprint density at radius 2 is 1.94 bits per heavy atom. The number of alkyl halides is 3. The van der Waals surface area contributed by atoms with Crippen LogP contribution in [0.2, 0.25) is 5.02 Å². The third-order valence-electron chi connectivity index (χ3n) is 7.80. The molecule has 2 atom stereocenters. The van der Waals surface area contributed by atoms with E-state index in [1.807, 2.05) is 0 Å². The molecule has 1 aromatic heterocycles. The van der Waals surface area contributed by atoms with Gasteiger partial charge in [0.15, 0.2) is 0 Å². The van der Waals surface area contributed by atoms with E-state index >= 15 is 0 Å². The molecule has 2 aliphatic carbocycles. The lowest BCUT2D eigenvalue weighted by atomic mass is 9.70. The fourth-order valence-corrected chi connectivity index (χ4v) is 8.17. The van der Waals surface area contributed by atoms with Crippen molar-refractivity contribution in [2.24, 2.45) is 21.9 Å². The largest absolute Gasteiger partial charge is 0.417 e. The molecule has 178 valence electrons. The molecule has 7 nitrogen and oxygen atoms in total. The number of rotatable bonds is 4. The summed E-state index contributed by atoms with van der Waals surface area (Å²) >= 11 is 6.04. The molecular weight excluding hydrogens is 469 g/mol. The summed E-state index contributed by atoms with van der Waals surface area (Å²) in [6, 6.07) is 0.834. The van der Waals surface area contributed by atoms with Crippen molar-refractivity contribution >= 4 is 33.2 Å². The Balaban J connectivity index is 1.48. The number of piperazine rings is 1. The summed E-state index contributed by atoms with van der Waals surface area (Å²) in [5.41, 5.74) is -1.31. The second kappa shape index (κ2) is 7.73. The maximum Gasteiger partial charge on any atom is 0.417 e. The number of halogens is 4. The molecule has 2 saturated carbocycles. The van der Waals surface area contributed by atoms with Gasteiger partial charge in [-0.3, -0.25) is 0 Å². The number of sulfonamides is 1. The zero-order valence-corrected chi connectivity index (χ0v) is 19.4. The van der Waals surface area contributed by atoms with Crippen LogP contribution in [0.15, 0.2) is 17.4 Å². The summed E-state index contributed by atoms with van der Waals surface area (Å²) in [6.07, 6.45) is -1.60. The first-order valence-corrected chi connectivity index (χ1v) is 12.5. The molecule has 0 amide bonds. The van der Waals surface area contributed by atoms with Crippen LogP contribution < -0.4 is 4.90 Å². The smallest absolute Gasteiger partial charge is 0.411 e. The molecule has 2 bridgehead atoms. The molecule has 4 rings (SSSR count). The maximum atomic E-state index is 13.3. The van der Waals surface area contributed by atoms with Gasteiger partial charge in [0.1, 0.15) is 5.82 Å². The third kappa shape index (κ3) is 3.66. The van der Waals surface area contributed by atoms with Gasteiger partial charge in [-0.25, -0.2) is 13.4 Å². The van der Waals surface area contributed by atoms with E-state index in [1.54, 1.807) is 4.90 Å². The summed E-state index contributed by atoms with van der Waals surface area (Å²) in [6.45, 7) is 4.97. The number of hydrogen-bond donors (Lipinski definition) is 1. The van der Waals surface area contributed by atoms with Gasteiger partial charge in [-0.15, -0.1) is 0 Å². The first-order valence-electron chi connectivity index (χ1n) is 10.5. The Morgan fingerprint density at radius 1 is 1.28 bits per heavy atom. The van der Waals surface area contributed by atoms with Crippen LogP contribution in [0.25, 0.3) is 0 Å². The van der Waals surface area contributed by atoms with Crippen molar-refractivity contribution < 1.29 is 26.8 Å². The SMILES string of the molecule is CC1(C)[C@H]2CC[C@]1(CS(=O)(=O)N1CCN(c3ncc(C(F)(F)F)cc3Cl)CC1)/C(=N/O)C2. The molecule has 3 fully saturated rings. The molecule has 1 N–H and O–H groups in total. The number of nitrogens with zero attached hydrogens (tertiary/aromatic N) is 4. The fraction of sp³-hybridized carbons (Fsp3) is 0.700. The highest BCUT2D eigenvalue weighted by atomic mass is 35.5. The summed E-state index contributed by atoms with van der Waals surface area (Å²) in [5, 5.41) is 12.9. The fourth-order valence-electron chi connectivity index (χ4n) is 5.67. The highest BCUT2D eigenvalue weighted by Crippen LogP contribution is 2.64. The number of hydrogen-bond acceptors (Lipinski definition) is 6. The monoisotopic (exact) mass is 494 g/mol. The number of aromatic nitrogens is 1. The van der Waals surface area contributed by atoms with Gasteiger partial charge < -0.3 is 10.1 Å². The zero-order valence-electron chi connectivity index (χ0n) is 17.9. The number of fused-ring (bicyclic) bond motifs is 2. The van der Waals surface area contributed by atoms with E-state index in [1.165, 1.54) is 4.31 Å². The van der Waals surface area contributed by atoms with E-state index in [-0.39, 0.29) is 48.2 Å². The molecule has 1 aliphatic heterocycles. The number of oxime groups is 1. The van der Waals surface area contributed by atoms with Crippen LogP contribution in [0, 0.1) is 16.7 Å². The van der Waals surface area contributed by atoms with Crippen LogP contribution in [-0.4, -0.2) is 60.6 Å². The molecule has 12 heteroatoms. The third-order valence-corrected chi connectivity index (χ3v) is 10.1. The van der Waals surface area contributed by atoms with E-state index in [2.05, 4.69) is 24.0 Å². The molecule has 0 unspecified atom stereocenters. The Hall–Kier alpha value is -1.59. The first-order chi connectivity index (χ1) is 14.8. The first kappa shape index (κ1) is 23.6. The minimum absolute atomic E-state index is 0.109. The highest BCUT2D eigenvalue weighted by Gasteiger charge is 2.64. The molecule has 1 aromatic rings. The van der Waals surface area contributed by atoms with Crippen molar-refractivity contribution in [2.45, 2.75) is 39.3 Å². The van der Waals surface area contributed by atoms with Gasteiger partial charge in [-0.2, -0.15) is 17.5 Å². The van der Waals surface area contributed by atoms with Gasteiger partial charge in [-0.1, -0.05) is 30.6 Å². The van der Waals surface area contributed by atoms with Crippen LogP contribution in [-0.2, 0) is 16.2 Å². The molecular formula is C20H26ClF3N4O3S. The Bertz CT molecular complexity index is 1040. The Labute approximate surface area is 190 Å². The lowest BCUT2D eigenvalue weighted by Crippen LogP contribution is -2.53. The molecule has 0 spiro atoms. The molecule has 1 saturated heterocycles. The van der Waals surface area contributed by atoms with E-state index in [4.69, 9.17) is 11.6 Å². The second-order valence-corrected chi connectivity index (χ2v) is 11.8. The number of pyridine rings is 1. The van der Waals surface area contributed by atoms with Crippen LogP contribution in [0.1, 0.15) is 38.7 Å². The summed E-state index contributed by atoms with van der Waals surface area (Å²) in [5.74, 6) is 0.399. The standard InChI is InChI=1S/C20H26ClF3N4O3S/c1-18(2)13-3-4-19(18,16(10-13)26-29)12-32(30,31)28-7-5-27(6-8-28)17-15(21)9-14(11-25-17)20(22,23)24/h9,11,13,29H,3-8,10,12H2,1-2H3/b26-16+/t13-,19-/m0/s1. The second-order valence-electron chi connectivity index (χ2n) is 9.46. The summed E-state index contributed by atoms with van der Waals surface area (Å²) in [4.78, 5) is 5.56. The Morgan fingerprint density at radius 3 is 2.47 bits per heavy atom. The zero-order chi connectivity index (χ0) is 23.5. The van der Waals surface area contributed by atoms with Crippen molar-refractivity contribution in [1.29, 1.82) is 0 Å². The minimum Gasteiger partial charge on any atom is -0.411 e. The van der Waals surface area contributed by atoms with Gasteiger partial charge in [0.25, 0.3) is 0 Å². The molecule has 2 heterocycles. The normalized spacial score (nSPS) is 29.8. The summed E-state index contributed by atoms with van der Waals surface area (Å²) in [7, 11) is -3.65. The van der Waals surface area contributed by atoms with Crippen molar-refractivity contribution in [3.8, 4) is 0 Å². The average molecular weight is 495 g/mol. The molecule has 0 aromatic carbocycles. The van der Waals surface area contributed by atoms with E-state index in [0.717, 1.165) is 18.7 Å². The van der Waals surface area contributed by atoms with Crippen molar-refractivity contribution in [3.05, 3.63) is 22.8 Å². The highest BCUT2D eigenvalue weighted by molar-refractivity contribution is 7.89. The maximum absolute atomic E-state index is 13.3. The summed E-state index contributed by atoms with van der Waals surface area (Å²) < 4.78 is 66.7. The van der Waals surface area contributed by atoms with Crippen LogP contribution in [0.5, 0.6) is 0 Å². The van der Waals surface area contributed by atoms with Gasteiger partial charge >= 0.3 is 6.18 Å². The lowest BCUT2D eigenvalue weighted by molar-refractivity contribution is -0.137. The van der Waals surface area contributed by atoms with Crippen LogP contribution in [0.3, 0.4) is 0 Å². The van der Waals surface area contributed by atoms with Gasteiger partial charge in [-0.05, 0) is 36.7 Å². The number of anilines is 1. The van der Waals surface area contributed by atoms with Gasteiger partial charge in [0.05, 0.1) is 22.1 Å². The average Bonchev–Trinajstić information content (AvgIpc) is 3.07. The predicted molar refractivity (Wildman–Crippen MR) is 115 cm³/mol. The van der Waals surface area contributed by atoms with E-state index in [0.29, 0.717) is 24.5 Å². The van der Waals surface area contributed by atoms with Crippen LogP contribution in [0.4, 0.5) is 19.0 Å². The molecule has 3 aliphatic rings. The van der Waals surface area contributed by atoms with Crippen molar-refractivity contribution in [2.75, 3.05) is 36.8 Å². The van der Waals surface area contributed by atoms with Gasteiger partial charge in [0.2, 0.25) is 10.0 Å². The molecule has 32 heavy (non-hydrogen) atoms. The van der Waals surface area contributed by atoms with Crippen molar-refractivity contribution in [1.82, 2.24) is 9.29 Å². The van der Waals surface area contributed by atoms with Crippen molar-refractivity contribution in [3.63, 3.8) is 0 Å². The Kier molecular flexibility index (Phi) is 5.69. The van der Waals surface area contributed by atoms with Gasteiger partial charge in [0, 0.05) is 37.8 Å².